The third-order valence-corrected chi connectivity index (χ3v) is 3.83. The van der Waals surface area contributed by atoms with Gasteiger partial charge in [-0.25, -0.2) is 0 Å². The maximum absolute atomic E-state index is 12.0. The van der Waals surface area contributed by atoms with E-state index in [2.05, 4.69) is 19.2 Å². The van der Waals surface area contributed by atoms with Gasteiger partial charge in [-0.05, 0) is 26.7 Å². The van der Waals surface area contributed by atoms with Crippen LogP contribution in [-0.4, -0.2) is 61.9 Å². The molecule has 2 saturated heterocycles. The number of hydrogen-bond acceptors (Lipinski definition) is 4. The van der Waals surface area contributed by atoms with Crippen LogP contribution >= 0.6 is 0 Å². The van der Waals surface area contributed by atoms with Gasteiger partial charge < -0.3 is 19.7 Å². The SMILES string of the molecule is CC1CC(NCCC(=O)N2CCOCC2)CC(C)O1. The van der Waals surface area contributed by atoms with Crippen LogP contribution in [0.5, 0.6) is 0 Å². The quantitative estimate of drug-likeness (QED) is 0.820. The van der Waals surface area contributed by atoms with Gasteiger partial charge in [0.15, 0.2) is 0 Å². The van der Waals surface area contributed by atoms with Crippen LogP contribution in [0.25, 0.3) is 0 Å². The van der Waals surface area contributed by atoms with Crippen molar-refractivity contribution >= 4 is 5.91 Å². The van der Waals surface area contributed by atoms with E-state index in [0.29, 0.717) is 37.9 Å². The van der Waals surface area contributed by atoms with Crippen LogP contribution < -0.4 is 5.32 Å². The Labute approximate surface area is 115 Å². The molecule has 0 spiro atoms. The van der Waals surface area contributed by atoms with Gasteiger partial charge in [-0.1, -0.05) is 0 Å². The van der Waals surface area contributed by atoms with Crippen LogP contribution in [0.3, 0.4) is 0 Å². The standard InChI is InChI=1S/C14H26N2O3/c1-11-9-13(10-12(2)19-11)15-4-3-14(17)16-5-7-18-8-6-16/h11-13,15H,3-10H2,1-2H3. The first-order valence-corrected chi connectivity index (χ1v) is 7.39. The average Bonchev–Trinajstić information content (AvgIpc) is 2.38. The fourth-order valence-corrected chi connectivity index (χ4v) is 2.93. The maximum Gasteiger partial charge on any atom is 0.224 e. The van der Waals surface area contributed by atoms with Crippen LogP contribution in [0.4, 0.5) is 0 Å². The minimum Gasteiger partial charge on any atom is -0.378 e. The van der Waals surface area contributed by atoms with Gasteiger partial charge in [-0.3, -0.25) is 4.79 Å². The van der Waals surface area contributed by atoms with Gasteiger partial charge >= 0.3 is 0 Å². The summed E-state index contributed by atoms with van der Waals surface area (Å²) in [5.74, 6) is 0.240. The monoisotopic (exact) mass is 270 g/mol. The molecule has 2 unspecified atom stereocenters. The average molecular weight is 270 g/mol. The highest BCUT2D eigenvalue weighted by molar-refractivity contribution is 5.76. The largest absolute Gasteiger partial charge is 0.378 e. The highest BCUT2D eigenvalue weighted by Crippen LogP contribution is 2.18. The Balaban J connectivity index is 1.64. The van der Waals surface area contributed by atoms with E-state index in [1.165, 1.54) is 0 Å². The fourth-order valence-electron chi connectivity index (χ4n) is 2.93. The highest BCUT2D eigenvalue weighted by Gasteiger charge is 2.24. The highest BCUT2D eigenvalue weighted by atomic mass is 16.5. The third-order valence-electron chi connectivity index (χ3n) is 3.83. The van der Waals surface area contributed by atoms with Crippen LogP contribution in [0.2, 0.25) is 0 Å². The van der Waals surface area contributed by atoms with E-state index in [1.807, 2.05) is 4.90 Å². The normalized spacial score (nSPS) is 32.3. The zero-order valence-corrected chi connectivity index (χ0v) is 12.1. The molecule has 0 aliphatic carbocycles. The number of rotatable bonds is 4. The Morgan fingerprint density at radius 3 is 2.47 bits per heavy atom. The zero-order chi connectivity index (χ0) is 13.7. The summed E-state index contributed by atoms with van der Waals surface area (Å²) >= 11 is 0. The molecule has 19 heavy (non-hydrogen) atoms. The van der Waals surface area contributed by atoms with Crippen LogP contribution in [0, 0.1) is 0 Å². The van der Waals surface area contributed by atoms with Gasteiger partial charge in [-0.15, -0.1) is 0 Å². The second-order valence-electron chi connectivity index (χ2n) is 5.62. The van der Waals surface area contributed by atoms with Gasteiger partial charge in [0.25, 0.3) is 0 Å². The fraction of sp³-hybridized carbons (Fsp3) is 0.929. The molecule has 0 radical (unpaired) electrons. The molecule has 0 bridgehead atoms. The van der Waals surface area contributed by atoms with Crippen molar-refractivity contribution in [2.24, 2.45) is 0 Å². The summed E-state index contributed by atoms with van der Waals surface area (Å²) in [6.45, 7) is 7.82. The van der Waals surface area contributed by atoms with E-state index in [4.69, 9.17) is 9.47 Å². The summed E-state index contributed by atoms with van der Waals surface area (Å²) in [4.78, 5) is 13.9. The number of amides is 1. The molecule has 2 atom stereocenters. The summed E-state index contributed by atoms with van der Waals surface area (Å²) in [6, 6.07) is 0.483. The van der Waals surface area contributed by atoms with Crippen molar-refractivity contribution in [2.75, 3.05) is 32.8 Å². The van der Waals surface area contributed by atoms with E-state index in [9.17, 15) is 4.79 Å². The molecule has 0 saturated carbocycles. The Hall–Kier alpha value is -0.650. The van der Waals surface area contributed by atoms with Crippen molar-refractivity contribution in [2.45, 2.75) is 51.4 Å². The second-order valence-corrected chi connectivity index (χ2v) is 5.62. The molecular formula is C14H26N2O3. The number of carbonyl (C=O) groups is 1. The lowest BCUT2D eigenvalue weighted by Gasteiger charge is -2.33. The summed E-state index contributed by atoms with van der Waals surface area (Å²) in [6.07, 6.45) is 3.29. The lowest BCUT2D eigenvalue weighted by molar-refractivity contribution is -0.135. The van der Waals surface area contributed by atoms with Gasteiger partial charge in [0.05, 0.1) is 25.4 Å². The molecule has 0 aromatic rings. The molecule has 2 aliphatic heterocycles. The van der Waals surface area contributed by atoms with Gasteiger partial charge in [0, 0.05) is 32.1 Å². The molecule has 2 heterocycles. The molecule has 5 nitrogen and oxygen atoms in total. The molecule has 1 amide bonds. The van der Waals surface area contributed by atoms with E-state index < -0.39 is 0 Å². The van der Waals surface area contributed by atoms with Crippen molar-refractivity contribution in [3.05, 3.63) is 0 Å². The first-order valence-electron chi connectivity index (χ1n) is 7.39. The molecular weight excluding hydrogens is 244 g/mol. The molecule has 5 heteroatoms. The van der Waals surface area contributed by atoms with E-state index in [0.717, 1.165) is 32.5 Å². The van der Waals surface area contributed by atoms with E-state index in [-0.39, 0.29) is 5.91 Å². The van der Waals surface area contributed by atoms with Crippen molar-refractivity contribution in [1.82, 2.24) is 10.2 Å². The predicted molar refractivity (Wildman–Crippen MR) is 73.0 cm³/mol. The number of carbonyl (C=O) groups excluding carboxylic acids is 1. The molecule has 0 aromatic heterocycles. The molecule has 2 fully saturated rings. The Kier molecular flexibility index (Phi) is 5.60. The molecule has 110 valence electrons. The number of morpholine rings is 1. The minimum atomic E-state index is 0.240. The van der Waals surface area contributed by atoms with Crippen molar-refractivity contribution < 1.29 is 14.3 Å². The lowest BCUT2D eigenvalue weighted by atomic mass is 10.00. The number of nitrogens with zero attached hydrogens (tertiary/aromatic N) is 1. The minimum absolute atomic E-state index is 0.240. The Morgan fingerprint density at radius 2 is 1.84 bits per heavy atom. The maximum atomic E-state index is 12.0. The van der Waals surface area contributed by atoms with Crippen LogP contribution in [0.15, 0.2) is 0 Å². The molecule has 2 aliphatic rings. The summed E-state index contributed by atoms with van der Waals surface area (Å²) in [5.41, 5.74) is 0. The van der Waals surface area contributed by atoms with Crippen molar-refractivity contribution in [3.63, 3.8) is 0 Å². The van der Waals surface area contributed by atoms with E-state index >= 15 is 0 Å². The molecule has 1 N–H and O–H groups in total. The van der Waals surface area contributed by atoms with Crippen molar-refractivity contribution in [1.29, 1.82) is 0 Å². The van der Waals surface area contributed by atoms with E-state index in [1.54, 1.807) is 0 Å². The van der Waals surface area contributed by atoms with Gasteiger partial charge in [-0.2, -0.15) is 0 Å². The molecule has 2 rings (SSSR count). The number of ether oxygens (including phenoxy) is 2. The summed E-state index contributed by atoms with van der Waals surface area (Å²) in [7, 11) is 0. The van der Waals surface area contributed by atoms with Gasteiger partial charge in [0.1, 0.15) is 0 Å². The van der Waals surface area contributed by atoms with Gasteiger partial charge in [0.2, 0.25) is 5.91 Å². The third kappa shape index (κ3) is 4.75. The summed E-state index contributed by atoms with van der Waals surface area (Å²) in [5, 5.41) is 3.49. The summed E-state index contributed by atoms with van der Waals surface area (Å²) < 4.78 is 11.0. The predicted octanol–water partition coefficient (Wildman–Crippen LogP) is 0.781. The van der Waals surface area contributed by atoms with Crippen LogP contribution in [-0.2, 0) is 14.3 Å². The first kappa shape index (κ1) is 14.8. The van der Waals surface area contributed by atoms with Crippen molar-refractivity contribution in [3.8, 4) is 0 Å². The second kappa shape index (κ2) is 7.22. The smallest absolute Gasteiger partial charge is 0.224 e. The Morgan fingerprint density at radius 1 is 1.21 bits per heavy atom. The number of nitrogens with one attached hydrogen (secondary N) is 1. The first-order chi connectivity index (χ1) is 9.15. The number of hydrogen-bond donors (Lipinski definition) is 1. The molecule has 0 aromatic carbocycles. The van der Waals surface area contributed by atoms with Crippen LogP contribution in [0.1, 0.15) is 33.1 Å². The topological polar surface area (TPSA) is 50.8 Å². The Bertz CT molecular complexity index is 282. The lowest BCUT2D eigenvalue weighted by Crippen LogP contribution is -2.44. The zero-order valence-electron chi connectivity index (χ0n) is 12.1.